The molecule has 0 saturated carbocycles. The number of hydrogen-bond acceptors (Lipinski definition) is 5. The van der Waals surface area contributed by atoms with E-state index >= 15 is 0 Å². The summed E-state index contributed by atoms with van der Waals surface area (Å²) in [6, 6.07) is 11.4. The second-order valence-corrected chi connectivity index (χ2v) is 4.76. The molecule has 0 spiro atoms. The zero-order chi connectivity index (χ0) is 13.0. The summed E-state index contributed by atoms with van der Waals surface area (Å²) < 4.78 is 0. The van der Waals surface area contributed by atoms with Crippen LogP contribution in [0.15, 0.2) is 35.5 Å². The molecule has 0 bridgehead atoms. The lowest BCUT2D eigenvalue weighted by molar-refractivity contribution is 0.940. The zero-order valence-electron chi connectivity index (χ0n) is 9.92. The average molecular weight is 256 g/mol. The standard InChI is InChI=1S/C13H12N4S/c1-9-5-12(15)17-13(16-9)18-8-11-4-2-3-10(6-11)7-14/h2-6H,8H2,1H3,(H2,15,16,17). The molecule has 0 radical (unpaired) electrons. The first-order valence-electron chi connectivity index (χ1n) is 5.40. The van der Waals surface area contributed by atoms with Crippen molar-refractivity contribution in [2.45, 2.75) is 17.8 Å². The van der Waals surface area contributed by atoms with Crippen LogP contribution in [0.1, 0.15) is 16.8 Å². The largest absolute Gasteiger partial charge is 0.384 e. The number of nitrogens with zero attached hydrogens (tertiary/aromatic N) is 3. The first-order chi connectivity index (χ1) is 8.67. The molecule has 0 fully saturated rings. The van der Waals surface area contributed by atoms with Crippen LogP contribution in [-0.4, -0.2) is 9.97 Å². The van der Waals surface area contributed by atoms with Crippen molar-refractivity contribution >= 4 is 17.6 Å². The molecule has 0 atom stereocenters. The number of nitriles is 1. The second kappa shape index (κ2) is 5.52. The van der Waals surface area contributed by atoms with Crippen molar-refractivity contribution in [2.24, 2.45) is 0 Å². The van der Waals surface area contributed by atoms with E-state index in [4.69, 9.17) is 11.0 Å². The highest BCUT2D eigenvalue weighted by molar-refractivity contribution is 7.98. The van der Waals surface area contributed by atoms with Gasteiger partial charge in [-0.25, -0.2) is 9.97 Å². The third-order valence-electron chi connectivity index (χ3n) is 2.28. The van der Waals surface area contributed by atoms with Gasteiger partial charge in [-0.3, -0.25) is 0 Å². The fraction of sp³-hybridized carbons (Fsp3) is 0.154. The van der Waals surface area contributed by atoms with Crippen molar-refractivity contribution in [3.63, 3.8) is 0 Å². The lowest BCUT2D eigenvalue weighted by Crippen LogP contribution is -1.96. The van der Waals surface area contributed by atoms with Gasteiger partial charge < -0.3 is 5.73 Å². The Balaban J connectivity index is 2.09. The first kappa shape index (κ1) is 12.4. The zero-order valence-corrected chi connectivity index (χ0v) is 10.7. The maximum absolute atomic E-state index is 8.82. The van der Waals surface area contributed by atoms with Crippen molar-refractivity contribution in [1.82, 2.24) is 9.97 Å². The first-order valence-corrected chi connectivity index (χ1v) is 6.39. The van der Waals surface area contributed by atoms with E-state index in [-0.39, 0.29) is 0 Å². The summed E-state index contributed by atoms with van der Waals surface area (Å²) in [4.78, 5) is 8.45. The molecule has 2 N–H and O–H groups in total. The molecule has 1 aromatic carbocycles. The fourth-order valence-electron chi connectivity index (χ4n) is 1.51. The van der Waals surface area contributed by atoms with Gasteiger partial charge in [0.2, 0.25) is 0 Å². The van der Waals surface area contributed by atoms with Crippen LogP contribution >= 0.6 is 11.8 Å². The maximum atomic E-state index is 8.82. The Morgan fingerprint density at radius 3 is 2.89 bits per heavy atom. The van der Waals surface area contributed by atoms with Crippen molar-refractivity contribution in [1.29, 1.82) is 5.26 Å². The molecule has 2 aromatic rings. The lowest BCUT2D eigenvalue weighted by atomic mass is 10.2. The third kappa shape index (κ3) is 3.22. The molecule has 0 aliphatic heterocycles. The number of hydrogen-bond donors (Lipinski definition) is 1. The van der Waals surface area contributed by atoms with E-state index in [0.717, 1.165) is 17.0 Å². The van der Waals surface area contributed by atoms with Gasteiger partial charge in [0, 0.05) is 17.5 Å². The van der Waals surface area contributed by atoms with E-state index in [0.29, 0.717) is 16.5 Å². The minimum absolute atomic E-state index is 0.482. The van der Waals surface area contributed by atoms with Gasteiger partial charge in [0.15, 0.2) is 5.16 Å². The fourth-order valence-corrected chi connectivity index (χ4v) is 2.36. The molecule has 4 nitrogen and oxygen atoms in total. The summed E-state index contributed by atoms with van der Waals surface area (Å²) in [5, 5.41) is 9.48. The molecule has 2 rings (SSSR count). The number of benzene rings is 1. The van der Waals surface area contributed by atoms with Crippen LogP contribution in [0, 0.1) is 18.3 Å². The number of anilines is 1. The smallest absolute Gasteiger partial charge is 0.190 e. The summed E-state index contributed by atoms with van der Waals surface area (Å²) >= 11 is 1.51. The lowest BCUT2D eigenvalue weighted by Gasteiger charge is -2.03. The summed E-state index contributed by atoms with van der Waals surface area (Å²) in [5.74, 6) is 1.20. The molecule has 1 aromatic heterocycles. The molecular weight excluding hydrogens is 244 g/mol. The van der Waals surface area contributed by atoms with Crippen molar-refractivity contribution in [3.05, 3.63) is 47.2 Å². The topological polar surface area (TPSA) is 75.6 Å². The van der Waals surface area contributed by atoms with Crippen LogP contribution in [0.2, 0.25) is 0 Å². The summed E-state index contributed by atoms with van der Waals surface area (Å²) in [7, 11) is 0. The number of aryl methyl sites for hydroxylation is 1. The molecule has 0 amide bonds. The van der Waals surface area contributed by atoms with Gasteiger partial charge in [-0.05, 0) is 24.6 Å². The molecule has 0 aliphatic rings. The van der Waals surface area contributed by atoms with Gasteiger partial charge >= 0.3 is 0 Å². The molecular formula is C13H12N4S. The summed E-state index contributed by atoms with van der Waals surface area (Å²) in [6.07, 6.45) is 0. The van der Waals surface area contributed by atoms with E-state index in [1.165, 1.54) is 11.8 Å². The molecule has 5 heteroatoms. The van der Waals surface area contributed by atoms with E-state index in [9.17, 15) is 0 Å². The second-order valence-electron chi connectivity index (χ2n) is 3.82. The Morgan fingerprint density at radius 1 is 1.33 bits per heavy atom. The number of thioether (sulfide) groups is 1. The Kier molecular flexibility index (Phi) is 3.80. The minimum atomic E-state index is 0.482. The molecule has 0 saturated heterocycles. The summed E-state index contributed by atoms with van der Waals surface area (Å²) in [6.45, 7) is 1.89. The Morgan fingerprint density at radius 2 is 2.17 bits per heavy atom. The van der Waals surface area contributed by atoms with Gasteiger partial charge in [0.25, 0.3) is 0 Å². The molecule has 1 heterocycles. The molecule has 90 valence electrons. The van der Waals surface area contributed by atoms with E-state index < -0.39 is 0 Å². The van der Waals surface area contributed by atoms with Crippen molar-refractivity contribution < 1.29 is 0 Å². The Bertz CT molecular complexity index is 584. The Labute approximate surface area is 110 Å². The summed E-state index contributed by atoms with van der Waals surface area (Å²) in [5.41, 5.74) is 8.26. The molecule has 0 unspecified atom stereocenters. The molecule has 18 heavy (non-hydrogen) atoms. The van der Waals surface area contributed by atoms with Crippen molar-refractivity contribution in [3.8, 4) is 6.07 Å². The van der Waals surface area contributed by atoms with E-state index in [2.05, 4.69) is 16.0 Å². The SMILES string of the molecule is Cc1cc(N)nc(SCc2cccc(C#N)c2)n1. The predicted molar refractivity (Wildman–Crippen MR) is 71.9 cm³/mol. The predicted octanol–water partition coefficient (Wildman–Crippen LogP) is 2.53. The molecule has 0 aliphatic carbocycles. The van der Waals surface area contributed by atoms with Crippen LogP contribution in [0.5, 0.6) is 0 Å². The van der Waals surface area contributed by atoms with Crippen LogP contribution in [0.25, 0.3) is 0 Å². The van der Waals surface area contributed by atoms with Gasteiger partial charge in [-0.2, -0.15) is 5.26 Å². The van der Waals surface area contributed by atoms with Gasteiger partial charge in [0.1, 0.15) is 5.82 Å². The van der Waals surface area contributed by atoms with E-state index in [1.807, 2.05) is 25.1 Å². The minimum Gasteiger partial charge on any atom is -0.384 e. The average Bonchev–Trinajstić information content (AvgIpc) is 2.35. The highest BCUT2D eigenvalue weighted by atomic mass is 32.2. The number of nitrogen functional groups attached to an aromatic ring is 1. The quantitative estimate of drug-likeness (QED) is 0.674. The van der Waals surface area contributed by atoms with Crippen molar-refractivity contribution in [2.75, 3.05) is 5.73 Å². The Hall–Kier alpha value is -2.06. The normalized spacial score (nSPS) is 10.0. The highest BCUT2D eigenvalue weighted by Gasteiger charge is 2.02. The van der Waals surface area contributed by atoms with Crippen LogP contribution in [0.4, 0.5) is 5.82 Å². The number of nitrogens with two attached hydrogens (primary N) is 1. The van der Waals surface area contributed by atoms with Crippen LogP contribution < -0.4 is 5.73 Å². The van der Waals surface area contributed by atoms with E-state index in [1.54, 1.807) is 12.1 Å². The van der Waals surface area contributed by atoms with Gasteiger partial charge in [-0.1, -0.05) is 23.9 Å². The van der Waals surface area contributed by atoms with Crippen LogP contribution in [-0.2, 0) is 5.75 Å². The maximum Gasteiger partial charge on any atom is 0.190 e. The van der Waals surface area contributed by atoms with Crippen LogP contribution in [0.3, 0.4) is 0 Å². The highest BCUT2D eigenvalue weighted by Crippen LogP contribution is 2.20. The van der Waals surface area contributed by atoms with Gasteiger partial charge in [-0.15, -0.1) is 0 Å². The monoisotopic (exact) mass is 256 g/mol. The number of rotatable bonds is 3. The third-order valence-corrected chi connectivity index (χ3v) is 3.20. The van der Waals surface area contributed by atoms with Gasteiger partial charge in [0.05, 0.1) is 11.6 Å². The number of aromatic nitrogens is 2.